The minimum absolute atomic E-state index is 0.00998. The zero-order chi connectivity index (χ0) is 23.8. The van der Waals surface area contributed by atoms with Crippen LogP contribution in [-0.2, 0) is 23.9 Å². The molecule has 33 heavy (non-hydrogen) atoms. The number of hydrogen-bond donors (Lipinski definition) is 0. The smallest absolute Gasteiger partial charge is 0.344 e. The van der Waals surface area contributed by atoms with E-state index >= 15 is 0 Å². The summed E-state index contributed by atoms with van der Waals surface area (Å²) >= 11 is 0. The fourth-order valence-corrected chi connectivity index (χ4v) is 7.73. The highest BCUT2D eigenvalue weighted by molar-refractivity contribution is 5.91. The van der Waals surface area contributed by atoms with E-state index in [2.05, 4.69) is 13.8 Å². The van der Waals surface area contributed by atoms with Gasteiger partial charge in [0, 0.05) is 18.3 Å². The molecule has 0 aromatic carbocycles. The Hall–Kier alpha value is -1.65. The summed E-state index contributed by atoms with van der Waals surface area (Å²) in [5.74, 6) is 2.68. The lowest BCUT2D eigenvalue weighted by atomic mass is 9.52. The maximum Gasteiger partial charge on any atom is 0.344 e. The lowest BCUT2D eigenvalue weighted by Gasteiger charge is -2.53. The SMILES string of the molecule is CCC(C)CC(=O)OCC(=O)O[C@H]1[C@@H](CC)C[C@H]2[C@@H]3CCC4=CC(=O)CC[C@@H]4[C@H]3CC[C@@]21C. The van der Waals surface area contributed by atoms with E-state index in [1.54, 1.807) is 0 Å². The van der Waals surface area contributed by atoms with Crippen molar-refractivity contribution < 1.29 is 23.9 Å². The Kier molecular flexibility index (Phi) is 7.35. The van der Waals surface area contributed by atoms with E-state index in [0.717, 1.165) is 51.4 Å². The van der Waals surface area contributed by atoms with E-state index in [1.807, 2.05) is 19.9 Å². The second-order valence-corrected chi connectivity index (χ2v) is 11.5. The molecule has 0 aromatic heterocycles. The van der Waals surface area contributed by atoms with E-state index < -0.39 is 5.97 Å². The Morgan fingerprint density at radius 2 is 1.91 bits per heavy atom. The summed E-state index contributed by atoms with van der Waals surface area (Å²) in [5.41, 5.74) is 1.40. The van der Waals surface area contributed by atoms with E-state index in [4.69, 9.17) is 9.47 Å². The van der Waals surface area contributed by atoms with Crippen molar-refractivity contribution in [3.05, 3.63) is 11.6 Å². The Balaban J connectivity index is 1.42. The zero-order valence-electron chi connectivity index (χ0n) is 20.9. The summed E-state index contributed by atoms with van der Waals surface area (Å²) < 4.78 is 11.3. The van der Waals surface area contributed by atoms with Gasteiger partial charge < -0.3 is 9.47 Å². The number of carbonyl (C=O) groups excluding carboxylic acids is 3. The molecule has 184 valence electrons. The molecule has 0 radical (unpaired) electrons. The average molecular weight is 459 g/mol. The molecule has 0 amide bonds. The van der Waals surface area contributed by atoms with Crippen LogP contribution in [0.15, 0.2) is 11.6 Å². The van der Waals surface area contributed by atoms with Crippen molar-refractivity contribution >= 4 is 17.7 Å². The van der Waals surface area contributed by atoms with Crippen LogP contribution in [0.3, 0.4) is 0 Å². The van der Waals surface area contributed by atoms with Gasteiger partial charge in [-0.15, -0.1) is 0 Å². The Bertz CT molecular complexity index is 800. The maximum absolute atomic E-state index is 12.7. The lowest BCUT2D eigenvalue weighted by molar-refractivity contribution is -0.171. The molecular formula is C28H42O5. The highest BCUT2D eigenvalue weighted by Crippen LogP contribution is 2.64. The number of ketones is 1. The van der Waals surface area contributed by atoms with Crippen molar-refractivity contribution in [3.8, 4) is 0 Å². The van der Waals surface area contributed by atoms with Crippen LogP contribution in [0, 0.1) is 40.9 Å². The van der Waals surface area contributed by atoms with Gasteiger partial charge in [-0.2, -0.15) is 0 Å². The first-order chi connectivity index (χ1) is 15.8. The van der Waals surface area contributed by atoms with Gasteiger partial charge in [0.05, 0.1) is 0 Å². The summed E-state index contributed by atoms with van der Waals surface area (Å²) in [5, 5.41) is 0. The first-order valence-electron chi connectivity index (χ1n) is 13.3. The van der Waals surface area contributed by atoms with Crippen molar-refractivity contribution in [1.82, 2.24) is 0 Å². The van der Waals surface area contributed by atoms with Crippen LogP contribution < -0.4 is 0 Å². The maximum atomic E-state index is 12.7. The topological polar surface area (TPSA) is 69.7 Å². The van der Waals surface area contributed by atoms with E-state index in [0.29, 0.717) is 48.2 Å². The van der Waals surface area contributed by atoms with Crippen LogP contribution in [-0.4, -0.2) is 30.4 Å². The second-order valence-electron chi connectivity index (χ2n) is 11.5. The lowest BCUT2D eigenvalue weighted by Crippen LogP contribution is -2.49. The minimum atomic E-state index is -0.403. The molecule has 0 aliphatic heterocycles. The standard InChI is InChI=1S/C28H42O5/c1-5-17(3)13-25(30)32-16-26(31)33-27-18(6-2)15-24-23-9-7-19-14-20(29)8-10-21(19)22(23)11-12-28(24,27)4/h14,17-18,21-24,27H,5-13,15-16H2,1-4H3/t17?,18-,21-,22+,23+,24-,27-,28-/m0/s1. The third kappa shape index (κ3) is 4.79. The fourth-order valence-electron chi connectivity index (χ4n) is 7.73. The first kappa shape index (κ1) is 24.5. The largest absolute Gasteiger partial charge is 0.459 e. The summed E-state index contributed by atoms with van der Waals surface area (Å²) in [6.07, 6.45) is 11.4. The predicted molar refractivity (Wildman–Crippen MR) is 126 cm³/mol. The molecule has 4 aliphatic rings. The van der Waals surface area contributed by atoms with Gasteiger partial charge in [-0.05, 0) is 86.5 Å². The monoisotopic (exact) mass is 458 g/mol. The highest BCUT2D eigenvalue weighted by atomic mass is 16.6. The zero-order valence-corrected chi connectivity index (χ0v) is 20.9. The quantitative estimate of drug-likeness (QED) is 0.461. The number of hydrogen-bond acceptors (Lipinski definition) is 5. The molecule has 5 nitrogen and oxygen atoms in total. The normalized spacial score (nSPS) is 38.4. The van der Waals surface area contributed by atoms with Crippen LogP contribution >= 0.6 is 0 Å². The van der Waals surface area contributed by atoms with Gasteiger partial charge in [-0.25, -0.2) is 4.79 Å². The van der Waals surface area contributed by atoms with Gasteiger partial charge in [-0.1, -0.05) is 39.7 Å². The van der Waals surface area contributed by atoms with E-state index in [9.17, 15) is 14.4 Å². The molecule has 4 aliphatic carbocycles. The van der Waals surface area contributed by atoms with Crippen molar-refractivity contribution in [2.75, 3.05) is 6.61 Å². The molecule has 4 rings (SSSR count). The molecule has 3 fully saturated rings. The van der Waals surface area contributed by atoms with Crippen LogP contribution in [0.1, 0.15) is 91.9 Å². The molecular weight excluding hydrogens is 416 g/mol. The molecule has 0 aromatic rings. The van der Waals surface area contributed by atoms with Crippen molar-refractivity contribution in [1.29, 1.82) is 0 Å². The minimum Gasteiger partial charge on any atom is -0.459 e. The number of carbonyl (C=O) groups is 3. The Morgan fingerprint density at radius 3 is 2.64 bits per heavy atom. The summed E-state index contributed by atoms with van der Waals surface area (Å²) in [7, 11) is 0. The summed E-state index contributed by atoms with van der Waals surface area (Å²) in [6.45, 7) is 8.31. The molecule has 0 heterocycles. The van der Waals surface area contributed by atoms with Gasteiger partial charge in [-0.3, -0.25) is 9.59 Å². The third-order valence-electron chi connectivity index (χ3n) is 9.72. The molecule has 1 unspecified atom stereocenters. The molecule has 0 saturated heterocycles. The average Bonchev–Trinajstić information content (AvgIpc) is 3.08. The first-order valence-corrected chi connectivity index (χ1v) is 13.3. The summed E-state index contributed by atoms with van der Waals surface area (Å²) in [4.78, 5) is 36.6. The molecule has 8 atom stereocenters. The van der Waals surface area contributed by atoms with Crippen molar-refractivity contribution in [2.45, 2.75) is 98.0 Å². The van der Waals surface area contributed by atoms with Crippen molar-refractivity contribution in [3.63, 3.8) is 0 Å². The van der Waals surface area contributed by atoms with Crippen LogP contribution in [0.4, 0.5) is 0 Å². The number of allylic oxidation sites excluding steroid dienone is 1. The van der Waals surface area contributed by atoms with Gasteiger partial charge in [0.1, 0.15) is 6.10 Å². The molecule has 0 bridgehead atoms. The number of esters is 2. The Labute approximate surface area is 199 Å². The van der Waals surface area contributed by atoms with Gasteiger partial charge in [0.15, 0.2) is 12.4 Å². The number of rotatable bonds is 7. The van der Waals surface area contributed by atoms with Crippen molar-refractivity contribution in [2.24, 2.45) is 40.9 Å². The fraction of sp³-hybridized carbons (Fsp3) is 0.821. The summed E-state index contributed by atoms with van der Waals surface area (Å²) in [6, 6.07) is 0. The van der Waals surface area contributed by atoms with Gasteiger partial charge >= 0.3 is 11.9 Å². The number of fused-ring (bicyclic) bond motifs is 5. The van der Waals surface area contributed by atoms with Crippen LogP contribution in [0.2, 0.25) is 0 Å². The number of ether oxygens (including phenoxy) is 2. The highest BCUT2D eigenvalue weighted by Gasteiger charge is 2.60. The van der Waals surface area contributed by atoms with Crippen LogP contribution in [0.25, 0.3) is 0 Å². The Morgan fingerprint density at radius 1 is 1.12 bits per heavy atom. The third-order valence-corrected chi connectivity index (χ3v) is 9.72. The molecule has 0 spiro atoms. The van der Waals surface area contributed by atoms with Crippen LogP contribution in [0.5, 0.6) is 0 Å². The van der Waals surface area contributed by atoms with Gasteiger partial charge in [0.25, 0.3) is 0 Å². The van der Waals surface area contributed by atoms with Gasteiger partial charge in [0.2, 0.25) is 0 Å². The molecule has 0 N–H and O–H groups in total. The van der Waals surface area contributed by atoms with E-state index in [-0.39, 0.29) is 30.0 Å². The molecule has 3 saturated carbocycles. The van der Waals surface area contributed by atoms with E-state index in [1.165, 1.54) is 5.57 Å². The second kappa shape index (κ2) is 9.92. The predicted octanol–water partition coefficient (Wildman–Crippen LogP) is 5.66. The molecule has 5 heteroatoms.